The van der Waals surface area contributed by atoms with Crippen LogP contribution in [0.15, 0.2) is 58.6 Å². The Kier molecular flexibility index (Phi) is 7.68. The number of anilines is 2. The molecule has 2 heterocycles. The number of carbonyl (C=O) groups excluding carboxylic acids is 1. The summed E-state index contributed by atoms with van der Waals surface area (Å²) in [7, 11) is -3.78. The van der Waals surface area contributed by atoms with Gasteiger partial charge in [0, 0.05) is 29.8 Å². The molecule has 10 heteroatoms. The van der Waals surface area contributed by atoms with Gasteiger partial charge < -0.3 is 5.32 Å². The van der Waals surface area contributed by atoms with Crippen LogP contribution in [0.5, 0.6) is 0 Å². The predicted molar refractivity (Wildman–Crippen MR) is 129 cm³/mol. The fourth-order valence-electron chi connectivity index (χ4n) is 2.95. The Balaban J connectivity index is 1.57. The highest BCUT2D eigenvalue weighted by Gasteiger charge is 2.16. The Labute approximate surface area is 197 Å². The molecule has 0 radical (unpaired) electrons. The summed E-state index contributed by atoms with van der Waals surface area (Å²) in [5.74, 6) is 0.458. The second kappa shape index (κ2) is 10.5. The maximum absolute atomic E-state index is 12.5. The standard InChI is InChI=1S/C23H23N5O3S2/c1-15-16(2)20(14-24)23(26-17(15)3)32-13-11-22(29)27-18-7-9-19(10-8-18)33(30,31)28-21-6-4-5-12-25-21/h4-10,12H,11,13H2,1-3H3,(H,25,28)(H,27,29). The van der Waals surface area contributed by atoms with Gasteiger partial charge >= 0.3 is 0 Å². The lowest BCUT2D eigenvalue weighted by Gasteiger charge is -2.11. The van der Waals surface area contributed by atoms with Crippen LogP contribution in [0.25, 0.3) is 0 Å². The number of thioether (sulfide) groups is 1. The summed E-state index contributed by atoms with van der Waals surface area (Å²) >= 11 is 1.37. The van der Waals surface area contributed by atoms with Crippen molar-refractivity contribution < 1.29 is 13.2 Å². The Morgan fingerprint density at radius 3 is 2.45 bits per heavy atom. The van der Waals surface area contributed by atoms with Crippen LogP contribution < -0.4 is 10.0 Å². The van der Waals surface area contributed by atoms with E-state index in [0.717, 1.165) is 16.8 Å². The van der Waals surface area contributed by atoms with Crippen molar-refractivity contribution in [2.75, 3.05) is 15.8 Å². The first kappa shape index (κ1) is 24.2. The largest absolute Gasteiger partial charge is 0.326 e. The molecule has 3 rings (SSSR count). The van der Waals surface area contributed by atoms with Crippen LogP contribution in [-0.2, 0) is 14.8 Å². The lowest BCUT2D eigenvalue weighted by atomic mass is 10.1. The molecular formula is C23H23N5O3S2. The summed E-state index contributed by atoms with van der Waals surface area (Å²) in [5.41, 5.74) is 3.80. The topological polar surface area (TPSA) is 125 Å². The van der Waals surface area contributed by atoms with Crippen LogP contribution in [0, 0.1) is 32.1 Å². The highest BCUT2D eigenvalue weighted by Crippen LogP contribution is 2.27. The van der Waals surface area contributed by atoms with E-state index >= 15 is 0 Å². The summed E-state index contributed by atoms with van der Waals surface area (Å²) in [4.78, 5) is 20.8. The Morgan fingerprint density at radius 1 is 1.09 bits per heavy atom. The molecule has 0 saturated carbocycles. The van der Waals surface area contributed by atoms with Gasteiger partial charge in [-0.1, -0.05) is 6.07 Å². The number of amides is 1. The van der Waals surface area contributed by atoms with Crippen LogP contribution in [0.4, 0.5) is 11.5 Å². The Hall–Kier alpha value is -3.42. The zero-order chi connectivity index (χ0) is 24.0. The summed E-state index contributed by atoms with van der Waals surface area (Å²) in [6.45, 7) is 5.73. The molecular weight excluding hydrogens is 458 g/mol. The maximum atomic E-state index is 12.5. The zero-order valence-corrected chi connectivity index (χ0v) is 20.0. The normalized spacial score (nSPS) is 11.0. The predicted octanol–water partition coefficient (Wildman–Crippen LogP) is 4.20. The number of pyridine rings is 2. The van der Waals surface area contributed by atoms with Gasteiger partial charge in [-0.3, -0.25) is 9.52 Å². The molecule has 1 amide bonds. The first-order valence-corrected chi connectivity index (χ1v) is 12.5. The van der Waals surface area contributed by atoms with Gasteiger partial charge in [-0.2, -0.15) is 5.26 Å². The van der Waals surface area contributed by atoms with Crippen LogP contribution in [0.3, 0.4) is 0 Å². The van der Waals surface area contributed by atoms with E-state index in [-0.39, 0.29) is 23.0 Å². The van der Waals surface area contributed by atoms with Crippen molar-refractivity contribution in [1.82, 2.24) is 9.97 Å². The van der Waals surface area contributed by atoms with Crippen molar-refractivity contribution in [3.63, 3.8) is 0 Å². The molecule has 0 aliphatic heterocycles. The SMILES string of the molecule is Cc1nc(SCCC(=O)Nc2ccc(S(=O)(=O)Nc3ccccn3)cc2)c(C#N)c(C)c1C. The van der Waals surface area contributed by atoms with E-state index in [2.05, 4.69) is 26.1 Å². The van der Waals surface area contributed by atoms with Gasteiger partial charge in [-0.25, -0.2) is 18.4 Å². The maximum Gasteiger partial charge on any atom is 0.263 e. The van der Waals surface area contributed by atoms with E-state index in [1.54, 1.807) is 18.2 Å². The number of carbonyl (C=O) groups is 1. The first-order valence-electron chi connectivity index (χ1n) is 10.1. The third-order valence-electron chi connectivity index (χ3n) is 5.00. The number of hydrogen-bond donors (Lipinski definition) is 2. The highest BCUT2D eigenvalue weighted by atomic mass is 32.2. The van der Waals surface area contributed by atoms with Crippen molar-refractivity contribution in [3.05, 3.63) is 71.0 Å². The van der Waals surface area contributed by atoms with Crippen LogP contribution >= 0.6 is 11.8 Å². The molecule has 0 atom stereocenters. The van der Waals surface area contributed by atoms with Gasteiger partial charge in [0.05, 0.1) is 10.5 Å². The number of nitrogens with one attached hydrogen (secondary N) is 2. The van der Waals surface area contributed by atoms with Gasteiger partial charge in [-0.05, 0) is 68.3 Å². The zero-order valence-electron chi connectivity index (χ0n) is 18.4. The van der Waals surface area contributed by atoms with E-state index < -0.39 is 10.0 Å². The van der Waals surface area contributed by atoms with Gasteiger partial charge in [0.2, 0.25) is 5.91 Å². The highest BCUT2D eigenvalue weighted by molar-refractivity contribution is 7.99. The monoisotopic (exact) mass is 481 g/mol. The number of nitrogens with zero attached hydrogens (tertiary/aromatic N) is 3. The average Bonchev–Trinajstić information content (AvgIpc) is 2.78. The van der Waals surface area contributed by atoms with Gasteiger partial charge in [0.1, 0.15) is 16.9 Å². The van der Waals surface area contributed by atoms with E-state index in [0.29, 0.717) is 22.0 Å². The van der Waals surface area contributed by atoms with Gasteiger partial charge in [-0.15, -0.1) is 11.8 Å². The minimum atomic E-state index is -3.78. The lowest BCUT2D eigenvalue weighted by Crippen LogP contribution is -2.15. The number of aromatic nitrogens is 2. The molecule has 0 aliphatic carbocycles. The summed E-state index contributed by atoms with van der Waals surface area (Å²) in [6.07, 6.45) is 1.71. The fraction of sp³-hybridized carbons (Fsp3) is 0.217. The van der Waals surface area contributed by atoms with Crippen molar-refractivity contribution in [2.24, 2.45) is 0 Å². The minimum Gasteiger partial charge on any atom is -0.326 e. The first-order chi connectivity index (χ1) is 15.7. The second-order valence-electron chi connectivity index (χ2n) is 7.23. The molecule has 0 spiro atoms. The average molecular weight is 482 g/mol. The number of nitriles is 1. The molecule has 0 fully saturated rings. The number of benzene rings is 1. The van der Waals surface area contributed by atoms with Crippen LogP contribution in [-0.4, -0.2) is 30.0 Å². The van der Waals surface area contributed by atoms with Crippen molar-refractivity contribution in [3.8, 4) is 6.07 Å². The molecule has 8 nitrogen and oxygen atoms in total. The Bertz CT molecular complexity index is 1300. The molecule has 1 aromatic carbocycles. The van der Waals surface area contributed by atoms with E-state index in [1.807, 2.05) is 20.8 Å². The molecule has 0 aliphatic rings. The van der Waals surface area contributed by atoms with E-state index in [1.165, 1.54) is 42.2 Å². The van der Waals surface area contributed by atoms with Crippen molar-refractivity contribution in [2.45, 2.75) is 37.1 Å². The molecule has 0 unspecified atom stereocenters. The quantitative estimate of drug-likeness (QED) is 0.462. The number of rotatable bonds is 8. The molecule has 170 valence electrons. The Morgan fingerprint density at radius 2 is 1.82 bits per heavy atom. The van der Waals surface area contributed by atoms with Gasteiger partial charge in [0.25, 0.3) is 10.0 Å². The molecule has 2 N–H and O–H groups in total. The van der Waals surface area contributed by atoms with Gasteiger partial charge in [0.15, 0.2) is 0 Å². The third kappa shape index (κ3) is 6.09. The molecule has 0 saturated heterocycles. The molecule has 33 heavy (non-hydrogen) atoms. The van der Waals surface area contributed by atoms with E-state index in [9.17, 15) is 18.5 Å². The smallest absolute Gasteiger partial charge is 0.263 e. The molecule has 0 bridgehead atoms. The van der Waals surface area contributed by atoms with E-state index in [4.69, 9.17) is 0 Å². The van der Waals surface area contributed by atoms with Crippen molar-refractivity contribution >= 4 is 39.2 Å². The number of aryl methyl sites for hydroxylation is 1. The van der Waals surface area contributed by atoms with Crippen LogP contribution in [0.2, 0.25) is 0 Å². The van der Waals surface area contributed by atoms with Crippen LogP contribution in [0.1, 0.15) is 28.8 Å². The summed E-state index contributed by atoms with van der Waals surface area (Å²) in [5, 5.41) is 12.8. The number of hydrogen-bond acceptors (Lipinski definition) is 7. The molecule has 2 aromatic heterocycles. The summed E-state index contributed by atoms with van der Waals surface area (Å²) in [6, 6.07) is 13.0. The lowest BCUT2D eigenvalue weighted by molar-refractivity contribution is -0.115. The van der Waals surface area contributed by atoms with Crippen molar-refractivity contribution in [1.29, 1.82) is 5.26 Å². The molecule has 3 aromatic rings. The summed E-state index contributed by atoms with van der Waals surface area (Å²) < 4.78 is 27.3. The third-order valence-corrected chi connectivity index (χ3v) is 7.34. The number of sulfonamides is 1. The minimum absolute atomic E-state index is 0.0573. The fourth-order valence-corrected chi connectivity index (χ4v) is 4.98. The second-order valence-corrected chi connectivity index (χ2v) is 10.00.